The minimum atomic E-state index is -0.499. The number of hydrogen-bond donors (Lipinski definition) is 0. The molecule has 8 nitrogen and oxygen atoms in total. The van der Waals surface area contributed by atoms with Gasteiger partial charge in [-0.05, 0) is 61.4 Å². The van der Waals surface area contributed by atoms with Crippen molar-refractivity contribution in [1.29, 1.82) is 0 Å². The van der Waals surface area contributed by atoms with Crippen LogP contribution in [0.15, 0.2) is 54.0 Å². The van der Waals surface area contributed by atoms with Crippen LogP contribution in [0, 0.1) is 10.1 Å². The molecule has 33 heavy (non-hydrogen) atoms. The lowest BCUT2D eigenvalue weighted by Gasteiger charge is -2.16. The van der Waals surface area contributed by atoms with Gasteiger partial charge < -0.3 is 9.47 Å². The zero-order valence-corrected chi connectivity index (χ0v) is 19.2. The number of carbonyl (C=O) groups excluding carboxylic acids is 2. The molecule has 0 radical (unpaired) electrons. The van der Waals surface area contributed by atoms with Crippen molar-refractivity contribution in [2.24, 2.45) is 0 Å². The Labute approximate surface area is 196 Å². The fourth-order valence-electron chi connectivity index (χ4n) is 3.34. The molecule has 9 heteroatoms. The van der Waals surface area contributed by atoms with Gasteiger partial charge in [-0.3, -0.25) is 24.6 Å². The first-order chi connectivity index (χ1) is 15.9. The number of allylic oxidation sites excluding steroid dienone is 1. The predicted octanol–water partition coefficient (Wildman–Crippen LogP) is 5.36. The minimum absolute atomic E-state index is 0.0369. The molecule has 0 aromatic heterocycles. The summed E-state index contributed by atoms with van der Waals surface area (Å²) in [5, 5.41) is 10.4. The van der Waals surface area contributed by atoms with Crippen molar-refractivity contribution in [3.63, 3.8) is 0 Å². The van der Waals surface area contributed by atoms with Crippen molar-refractivity contribution in [3.8, 4) is 11.5 Å². The molecule has 2 aromatic carbocycles. The first-order valence-corrected chi connectivity index (χ1v) is 11.2. The van der Waals surface area contributed by atoms with E-state index in [0.717, 1.165) is 22.2 Å². The van der Waals surface area contributed by atoms with Gasteiger partial charge in [0.15, 0.2) is 11.5 Å². The second kappa shape index (κ2) is 10.8. The van der Waals surface area contributed by atoms with Crippen molar-refractivity contribution < 1.29 is 24.0 Å². The first kappa shape index (κ1) is 24.1. The highest BCUT2D eigenvalue weighted by Crippen LogP contribution is 2.37. The van der Waals surface area contributed by atoms with Gasteiger partial charge in [0.25, 0.3) is 16.8 Å². The number of nitro benzene ring substituents is 1. The molecule has 0 bridgehead atoms. The van der Waals surface area contributed by atoms with Crippen molar-refractivity contribution in [2.75, 3.05) is 13.2 Å². The Morgan fingerprint density at radius 2 is 1.82 bits per heavy atom. The standard InChI is InChI=1S/C24H24N2O6S/c1-4-7-18-12-17(13-20(31-5-2)22(18)32-6-3)14-21-23(27)25(24(28)33-21)15-16-8-10-19(11-9-16)26(29)30/h4,8-14H,1,5-7,15H2,2-3H3/b21-14-. The number of rotatable bonds is 10. The van der Waals surface area contributed by atoms with Crippen molar-refractivity contribution in [2.45, 2.75) is 26.8 Å². The quantitative estimate of drug-likeness (QED) is 0.200. The molecule has 1 aliphatic heterocycles. The number of hydrogen-bond acceptors (Lipinski definition) is 7. The molecule has 1 fully saturated rings. The molecule has 0 spiro atoms. The number of nitro groups is 1. The van der Waals surface area contributed by atoms with E-state index in [4.69, 9.17) is 9.47 Å². The molecule has 2 aromatic rings. The second-order valence-corrected chi connectivity index (χ2v) is 8.05. The zero-order valence-electron chi connectivity index (χ0n) is 18.4. The van der Waals surface area contributed by atoms with Crippen LogP contribution in [0.4, 0.5) is 10.5 Å². The smallest absolute Gasteiger partial charge is 0.293 e. The van der Waals surface area contributed by atoms with Crippen molar-refractivity contribution >= 4 is 34.7 Å². The molecule has 0 N–H and O–H groups in total. The third-order valence-electron chi connectivity index (χ3n) is 4.77. The second-order valence-electron chi connectivity index (χ2n) is 7.06. The van der Waals surface area contributed by atoms with Gasteiger partial charge in [0.2, 0.25) is 0 Å². The Morgan fingerprint density at radius 3 is 2.42 bits per heavy atom. The van der Waals surface area contributed by atoms with Gasteiger partial charge >= 0.3 is 0 Å². The summed E-state index contributed by atoms with van der Waals surface area (Å²) in [5.74, 6) is 0.790. The normalized spacial score (nSPS) is 14.6. The highest BCUT2D eigenvalue weighted by Gasteiger charge is 2.35. The van der Waals surface area contributed by atoms with E-state index < -0.39 is 16.1 Å². The molecule has 2 amide bonds. The Balaban J connectivity index is 1.88. The number of carbonyl (C=O) groups is 2. The third-order valence-corrected chi connectivity index (χ3v) is 5.67. The van der Waals surface area contributed by atoms with Gasteiger partial charge in [0, 0.05) is 17.7 Å². The summed E-state index contributed by atoms with van der Waals surface area (Å²) in [4.78, 5) is 37.2. The fraction of sp³-hybridized carbons (Fsp3) is 0.250. The van der Waals surface area contributed by atoms with Gasteiger partial charge in [0.1, 0.15) is 0 Å². The molecule has 0 saturated carbocycles. The van der Waals surface area contributed by atoms with Crippen molar-refractivity contribution in [3.05, 3.63) is 80.8 Å². The molecular formula is C24H24N2O6S. The number of ether oxygens (including phenoxy) is 2. The molecule has 172 valence electrons. The van der Waals surface area contributed by atoms with E-state index in [2.05, 4.69) is 6.58 Å². The molecule has 1 heterocycles. The lowest BCUT2D eigenvalue weighted by atomic mass is 10.0. The van der Waals surface area contributed by atoms with Crippen LogP contribution in [0.5, 0.6) is 11.5 Å². The van der Waals surface area contributed by atoms with Crippen LogP contribution in [-0.4, -0.2) is 34.2 Å². The van der Waals surface area contributed by atoms with Crippen LogP contribution < -0.4 is 9.47 Å². The summed E-state index contributed by atoms with van der Waals surface area (Å²) in [5.41, 5.74) is 2.15. The number of benzene rings is 2. The summed E-state index contributed by atoms with van der Waals surface area (Å²) in [7, 11) is 0. The molecule has 0 unspecified atom stereocenters. The Morgan fingerprint density at radius 1 is 1.12 bits per heavy atom. The van der Waals surface area contributed by atoms with Gasteiger partial charge in [0.05, 0.1) is 29.6 Å². The Hall–Kier alpha value is -3.59. The van der Waals surface area contributed by atoms with E-state index in [0.29, 0.717) is 42.3 Å². The maximum absolute atomic E-state index is 12.9. The predicted molar refractivity (Wildman–Crippen MR) is 127 cm³/mol. The van der Waals surface area contributed by atoms with E-state index in [1.807, 2.05) is 19.9 Å². The largest absolute Gasteiger partial charge is 0.490 e. The molecule has 1 saturated heterocycles. The average Bonchev–Trinajstić information content (AvgIpc) is 3.04. The lowest BCUT2D eigenvalue weighted by Crippen LogP contribution is -2.27. The summed E-state index contributed by atoms with van der Waals surface area (Å²) in [6.45, 7) is 8.52. The third kappa shape index (κ3) is 5.61. The average molecular weight is 469 g/mol. The molecule has 0 aliphatic carbocycles. The van der Waals surface area contributed by atoms with E-state index >= 15 is 0 Å². The Kier molecular flexibility index (Phi) is 7.89. The number of thioether (sulfide) groups is 1. The van der Waals surface area contributed by atoms with Crippen LogP contribution in [-0.2, 0) is 17.8 Å². The van der Waals surface area contributed by atoms with Crippen LogP contribution in [0.2, 0.25) is 0 Å². The van der Waals surface area contributed by atoms with Gasteiger partial charge in [-0.25, -0.2) is 0 Å². The summed E-state index contributed by atoms with van der Waals surface area (Å²) >= 11 is 0.855. The fourth-order valence-corrected chi connectivity index (χ4v) is 4.18. The van der Waals surface area contributed by atoms with Crippen LogP contribution in [0.1, 0.15) is 30.5 Å². The lowest BCUT2D eigenvalue weighted by molar-refractivity contribution is -0.384. The maximum Gasteiger partial charge on any atom is 0.293 e. The highest BCUT2D eigenvalue weighted by molar-refractivity contribution is 8.18. The maximum atomic E-state index is 12.9. The highest BCUT2D eigenvalue weighted by atomic mass is 32.2. The summed E-state index contributed by atoms with van der Waals surface area (Å²) in [6, 6.07) is 9.44. The summed E-state index contributed by atoms with van der Waals surface area (Å²) in [6.07, 6.45) is 3.97. The van der Waals surface area contributed by atoms with Gasteiger partial charge in [-0.2, -0.15) is 0 Å². The number of non-ortho nitro benzene ring substituents is 1. The van der Waals surface area contributed by atoms with Gasteiger partial charge in [-0.1, -0.05) is 18.2 Å². The van der Waals surface area contributed by atoms with Crippen LogP contribution >= 0.6 is 11.8 Å². The van der Waals surface area contributed by atoms with Crippen molar-refractivity contribution in [1.82, 2.24) is 4.90 Å². The SMILES string of the molecule is C=CCc1cc(/C=C2\SC(=O)N(Cc3ccc([N+](=O)[O-])cc3)C2=O)cc(OCC)c1OCC. The van der Waals surface area contributed by atoms with E-state index in [1.165, 1.54) is 24.3 Å². The molecular weight excluding hydrogens is 444 g/mol. The summed E-state index contributed by atoms with van der Waals surface area (Å²) < 4.78 is 11.5. The number of imide groups is 1. The molecule has 0 atom stereocenters. The molecule has 3 rings (SSSR count). The van der Waals surface area contributed by atoms with E-state index in [9.17, 15) is 19.7 Å². The van der Waals surface area contributed by atoms with Gasteiger partial charge in [-0.15, -0.1) is 6.58 Å². The first-order valence-electron chi connectivity index (χ1n) is 10.4. The van der Waals surface area contributed by atoms with E-state index in [1.54, 1.807) is 18.2 Å². The van der Waals surface area contributed by atoms with E-state index in [-0.39, 0.29) is 17.1 Å². The molecule has 1 aliphatic rings. The number of nitrogens with zero attached hydrogens (tertiary/aromatic N) is 2. The monoisotopic (exact) mass is 468 g/mol. The zero-order chi connectivity index (χ0) is 24.0. The Bertz CT molecular complexity index is 1110. The van der Waals surface area contributed by atoms with Crippen LogP contribution in [0.25, 0.3) is 6.08 Å². The minimum Gasteiger partial charge on any atom is -0.490 e. The van der Waals surface area contributed by atoms with Crippen LogP contribution in [0.3, 0.4) is 0 Å². The number of amides is 2. The topological polar surface area (TPSA) is 99.0 Å².